The summed E-state index contributed by atoms with van der Waals surface area (Å²) in [6, 6.07) is 13.5. The summed E-state index contributed by atoms with van der Waals surface area (Å²) in [6.45, 7) is 1.06. The third-order valence-electron chi connectivity index (χ3n) is 4.10. The fourth-order valence-corrected chi connectivity index (χ4v) is 2.72. The number of nitrogens with one attached hydrogen (secondary N) is 2. The predicted octanol–water partition coefficient (Wildman–Crippen LogP) is 3.91. The van der Waals surface area contributed by atoms with Crippen LogP contribution in [0.4, 0.5) is 10.1 Å². The van der Waals surface area contributed by atoms with E-state index in [0.717, 1.165) is 31.5 Å². The van der Waals surface area contributed by atoms with Gasteiger partial charge in [-0.1, -0.05) is 24.6 Å². The summed E-state index contributed by atoms with van der Waals surface area (Å²) in [5.74, 6) is 0.350. The molecule has 4 nitrogen and oxygen atoms in total. The molecule has 0 radical (unpaired) electrons. The number of hydrogen-bond donors (Lipinski definition) is 2. The van der Waals surface area contributed by atoms with Gasteiger partial charge in [0.15, 0.2) is 0 Å². The van der Waals surface area contributed by atoms with E-state index in [4.69, 9.17) is 4.74 Å². The Hall–Kier alpha value is -2.11. The Morgan fingerprint density at radius 2 is 1.92 bits per heavy atom. The molecule has 1 unspecified atom stereocenters. The average molecular weight is 365 g/mol. The van der Waals surface area contributed by atoms with Gasteiger partial charge in [-0.05, 0) is 49.7 Å². The summed E-state index contributed by atoms with van der Waals surface area (Å²) in [6.07, 6.45) is 3.07. The predicted molar refractivity (Wildman–Crippen MR) is 98.7 cm³/mol. The van der Waals surface area contributed by atoms with E-state index >= 15 is 0 Å². The minimum absolute atomic E-state index is 0. The van der Waals surface area contributed by atoms with Gasteiger partial charge in [0.2, 0.25) is 5.91 Å². The average Bonchev–Trinajstić information content (AvgIpc) is 2.63. The minimum Gasteiger partial charge on any atom is -0.489 e. The van der Waals surface area contributed by atoms with E-state index < -0.39 is 0 Å². The molecule has 134 valence electrons. The lowest BCUT2D eigenvalue weighted by Gasteiger charge is -2.22. The van der Waals surface area contributed by atoms with Crippen LogP contribution in [0.2, 0.25) is 0 Å². The maximum absolute atomic E-state index is 13.5. The molecular weight excluding hydrogens is 343 g/mol. The molecule has 3 rings (SSSR count). The van der Waals surface area contributed by atoms with Crippen LogP contribution in [0.5, 0.6) is 5.75 Å². The lowest BCUT2D eigenvalue weighted by Crippen LogP contribution is -2.43. The van der Waals surface area contributed by atoms with Crippen LogP contribution in [0.25, 0.3) is 0 Å². The number of benzene rings is 2. The van der Waals surface area contributed by atoms with E-state index in [2.05, 4.69) is 10.6 Å². The number of carbonyl (C=O) groups is 1. The van der Waals surface area contributed by atoms with Gasteiger partial charge in [-0.3, -0.25) is 4.79 Å². The highest BCUT2D eigenvalue weighted by molar-refractivity contribution is 5.94. The van der Waals surface area contributed by atoms with E-state index in [-0.39, 0.29) is 36.8 Å². The first-order chi connectivity index (χ1) is 11.7. The SMILES string of the molecule is Cl.O=C(Nc1ccc(OCc2ccccc2F)cc1)C1CCCCN1. The molecule has 0 aliphatic carbocycles. The first-order valence-electron chi connectivity index (χ1n) is 8.23. The molecule has 25 heavy (non-hydrogen) atoms. The van der Waals surface area contributed by atoms with Gasteiger partial charge in [-0.2, -0.15) is 0 Å². The Balaban J connectivity index is 0.00000225. The van der Waals surface area contributed by atoms with Crippen molar-refractivity contribution in [2.75, 3.05) is 11.9 Å². The molecular formula is C19H22ClFN2O2. The third-order valence-corrected chi connectivity index (χ3v) is 4.10. The van der Waals surface area contributed by atoms with Crippen LogP contribution < -0.4 is 15.4 Å². The minimum atomic E-state index is -0.277. The molecule has 1 aliphatic rings. The lowest BCUT2D eigenvalue weighted by atomic mass is 10.0. The molecule has 1 fully saturated rings. The summed E-state index contributed by atoms with van der Waals surface area (Å²) in [5, 5.41) is 6.13. The molecule has 1 amide bonds. The highest BCUT2D eigenvalue weighted by Crippen LogP contribution is 2.18. The highest BCUT2D eigenvalue weighted by atomic mass is 35.5. The fourth-order valence-electron chi connectivity index (χ4n) is 2.72. The van der Waals surface area contributed by atoms with Crippen molar-refractivity contribution in [1.82, 2.24) is 5.32 Å². The summed E-state index contributed by atoms with van der Waals surface area (Å²) in [4.78, 5) is 12.2. The Bertz CT molecular complexity index is 688. The Morgan fingerprint density at radius 1 is 1.16 bits per heavy atom. The molecule has 2 N–H and O–H groups in total. The van der Waals surface area contributed by atoms with Crippen LogP contribution >= 0.6 is 12.4 Å². The van der Waals surface area contributed by atoms with Gasteiger partial charge in [-0.25, -0.2) is 4.39 Å². The number of anilines is 1. The van der Waals surface area contributed by atoms with E-state index in [1.165, 1.54) is 6.07 Å². The molecule has 6 heteroatoms. The van der Waals surface area contributed by atoms with Crippen LogP contribution in [0, 0.1) is 5.82 Å². The fraction of sp³-hybridized carbons (Fsp3) is 0.316. The van der Waals surface area contributed by atoms with Gasteiger partial charge < -0.3 is 15.4 Å². The molecule has 0 saturated carbocycles. The largest absolute Gasteiger partial charge is 0.489 e. The highest BCUT2D eigenvalue weighted by Gasteiger charge is 2.20. The van der Waals surface area contributed by atoms with Gasteiger partial charge in [-0.15, -0.1) is 12.4 Å². The van der Waals surface area contributed by atoms with Crippen molar-refractivity contribution in [2.45, 2.75) is 31.9 Å². The Kier molecular flexibility index (Phi) is 7.22. The van der Waals surface area contributed by atoms with Crippen LogP contribution in [0.15, 0.2) is 48.5 Å². The monoisotopic (exact) mass is 364 g/mol. The van der Waals surface area contributed by atoms with Crippen molar-refractivity contribution in [3.63, 3.8) is 0 Å². The van der Waals surface area contributed by atoms with E-state index in [1.54, 1.807) is 42.5 Å². The summed E-state index contributed by atoms with van der Waals surface area (Å²) >= 11 is 0. The Morgan fingerprint density at radius 3 is 2.60 bits per heavy atom. The second-order valence-electron chi connectivity index (χ2n) is 5.90. The smallest absolute Gasteiger partial charge is 0.241 e. The van der Waals surface area contributed by atoms with Gasteiger partial charge in [0, 0.05) is 11.3 Å². The van der Waals surface area contributed by atoms with Gasteiger partial charge in [0.25, 0.3) is 0 Å². The summed E-state index contributed by atoms with van der Waals surface area (Å²) in [7, 11) is 0. The molecule has 0 spiro atoms. The zero-order valence-electron chi connectivity index (χ0n) is 13.8. The van der Waals surface area contributed by atoms with Gasteiger partial charge >= 0.3 is 0 Å². The van der Waals surface area contributed by atoms with Crippen LogP contribution in [-0.4, -0.2) is 18.5 Å². The molecule has 0 bridgehead atoms. The number of hydrogen-bond acceptors (Lipinski definition) is 3. The molecule has 1 atom stereocenters. The number of rotatable bonds is 5. The van der Waals surface area contributed by atoms with E-state index in [9.17, 15) is 9.18 Å². The zero-order valence-corrected chi connectivity index (χ0v) is 14.7. The number of ether oxygens (including phenoxy) is 1. The normalized spacial score (nSPS) is 16.6. The summed E-state index contributed by atoms with van der Waals surface area (Å²) < 4.78 is 19.1. The van der Waals surface area contributed by atoms with Crippen molar-refractivity contribution in [3.8, 4) is 5.75 Å². The maximum atomic E-state index is 13.5. The second kappa shape index (κ2) is 9.39. The van der Waals surface area contributed by atoms with Gasteiger partial charge in [0.05, 0.1) is 6.04 Å². The van der Waals surface area contributed by atoms with Crippen LogP contribution in [0.1, 0.15) is 24.8 Å². The van der Waals surface area contributed by atoms with Gasteiger partial charge in [0.1, 0.15) is 18.2 Å². The first kappa shape index (κ1) is 19.2. The maximum Gasteiger partial charge on any atom is 0.241 e. The van der Waals surface area contributed by atoms with Crippen molar-refractivity contribution in [1.29, 1.82) is 0 Å². The Labute approximate surface area is 153 Å². The van der Waals surface area contributed by atoms with E-state index in [1.807, 2.05) is 0 Å². The third kappa shape index (κ3) is 5.44. The van der Waals surface area contributed by atoms with Crippen molar-refractivity contribution in [3.05, 3.63) is 59.9 Å². The number of amides is 1. The number of piperidine rings is 1. The zero-order chi connectivity index (χ0) is 16.8. The molecule has 1 heterocycles. The molecule has 0 aromatic heterocycles. The quantitative estimate of drug-likeness (QED) is 0.845. The second-order valence-corrected chi connectivity index (χ2v) is 5.90. The number of halogens is 2. The van der Waals surface area contributed by atoms with E-state index in [0.29, 0.717) is 11.3 Å². The molecule has 1 aliphatic heterocycles. The van der Waals surface area contributed by atoms with Crippen molar-refractivity contribution in [2.24, 2.45) is 0 Å². The van der Waals surface area contributed by atoms with Crippen molar-refractivity contribution < 1.29 is 13.9 Å². The number of carbonyl (C=O) groups excluding carboxylic acids is 1. The molecule has 2 aromatic carbocycles. The first-order valence-corrected chi connectivity index (χ1v) is 8.23. The summed E-state index contributed by atoms with van der Waals surface area (Å²) in [5.41, 5.74) is 1.24. The molecule has 1 saturated heterocycles. The van der Waals surface area contributed by atoms with Crippen LogP contribution in [0.3, 0.4) is 0 Å². The standard InChI is InChI=1S/C19H21FN2O2.ClH/c20-17-6-2-1-5-14(17)13-24-16-10-8-15(9-11-16)22-19(23)18-7-3-4-12-21-18;/h1-2,5-6,8-11,18,21H,3-4,7,12-13H2,(H,22,23);1H. The molecule has 2 aromatic rings. The van der Waals surface area contributed by atoms with Crippen LogP contribution in [-0.2, 0) is 11.4 Å². The van der Waals surface area contributed by atoms with Crippen molar-refractivity contribution >= 4 is 24.0 Å². The topological polar surface area (TPSA) is 50.4 Å². The lowest BCUT2D eigenvalue weighted by molar-refractivity contribution is -0.118.